The smallest absolute Gasteiger partial charge is 0.270 e. The van der Waals surface area contributed by atoms with Crippen LogP contribution in [0.1, 0.15) is 36.7 Å². The second kappa shape index (κ2) is 10.6. The Morgan fingerprint density at radius 2 is 1.93 bits per heavy atom. The van der Waals surface area contributed by atoms with Gasteiger partial charge in [0.05, 0.1) is 12.7 Å². The number of rotatable bonds is 8. The first-order chi connectivity index (χ1) is 14.5. The monoisotopic (exact) mass is 433 g/mol. The zero-order valence-electron chi connectivity index (χ0n) is 17.4. The Hall–Kier alpha value is -2.39. The van der Waals surface area contributed by atoms with E-state index in [1.165, 1.54) is 23.9 Å². The molecule has 2 aromatic rings. The summed E-state index contributed by atoms with van der Waals surface area (Å²) in [6.07, 6.45) is 5.93. The molecular weight excluding hydrogens is 405 g/mol. The number of carbonyl (C=O) groups is 2. The van der Waals surface area contributed by atoms with Crippen LogP contribution >= 0.6 is 11.8 Å². The van der Waals surface area contributed by atoms with Gasteiger partial charge in [-0.1, -0.05) is 18.7 Å². The Kier molecular flexibility index (Phi) is 7.87. The van der Waals surface area contributed by atoms with Gasteiger partial charge in [-0.3, -0.25) is 19.1 Å². The average molecular weight is 434 g/mol. The molecule has 162 valence electrons. The highest BCUT2D eigenvalue weighted by atomic mass is 32.2. The summed E-state index contributed by atoms with van der Waals surface area (Å²) in [7, 11) is 0. The third-order valence-electron chi connectivity index (χ3n) is 5.09. The fraction of sp³-hybridized carbons (Fsp3) is 0.476. The maximum Gasteiger partial charge on any atom is 0.270 e. The van der Waals surface area contributed by atoms with Crippen LogP contribution in [0.5, 0.6) is 0 Å². The number of likely N-dealkylation sites (tertiary alicyclic amines) is 1. The lowest BCUT2D eigenvalue weighted by Crippen LogP contribution is -2.47. The molecule has 0 aliphatic carbocycles. The highest BCUT2D eigenvalue weighted by molar-refractivity contribution is 7.98. The SMILES string of the molecule is CCCNC(=O)CN1CCC(NC(=O)c2cnc(SC)n2-c2ccc(F)cc2)CC1. The average Bonchev–Trinajstić information content (AvgIpc) is 3.18. The van der Waals surface area contributed by atoms with Gasteiger partial charge in [-0.05, 0) is 49.8 Å². The van der Waals surface area contributed by atoms with Crippen molar-refractivity contribution in [1.82, 2.24) is 25.1 Å². The molecule has 0 atom stereocenters. The van der Waals surface area contributed by atoms with E-state index in [-0.39, 0.29) is 23.7 Å². The molecule has 0 bridgehead atoms. The van der Waals surface area contributed by atoms with Gasteiger partial charge in [-0.15, -0.1) is 0 Å². The van der Waals surface area contributed by atoms with Crippen molar-refractivity contribution < 1.29 is 14.0 Å². The summed E-state index contributed by atoms with van der Waals surface area (Å²) in [5.41, 5.74) is 1.11. The highest BCUT2D eigenvalue weighted by Gasteiger charge is 2.24. The number of hydrogen-bond donors (Lipinski definition) is 2. The lowest BCUT2D eigenvalue weighted by Gasteiger charge is -2.31. The highest BCUT2D eigenvalue weighted by Crippen LogP contribution is 2.22. The third-order valence-corrected chi connectivity index (χ3v) is 5.74. The number of thioether (sulfide) groups is 1. The molecule has 3 rings (SSSR count). The number of aromatic nitrogens is 2. The van der Waals surface area contributed by atoms with Crippen LogP contribution in [-0.2, 0) is 4.79 Å². The molecule has 0 saturated carbocycles. The van der Waals surface area contributed by atoms with E-state index in [4.69, 9.17) is 0 Å². The van der Waals surface area contributed by atoms with Crippen molar-refractivity contribution in [2.24, 2.45) is 0 Å². The quantitative estimate of drug-likeness (QED) is 0.626. The van der Waals surface area contributed by atoms with Gasteiger partial charge in [-0.25, -0.2) is 9.37 Å². The summed E-state index contributed by atoms with van der Waals surface area (Å²) >= 11 is 1.42. The summed E-state index contributed by atoms with van der Waals surface area (Å²) in [4.78, 5) is 31.3. The lowest BCUT2D eigenvalue weighted by molar-refractivity contribution is -0.122. The molecule has 1 aromatic carbocycles. The number of benzene rings is 1. The van der Waals surface area contributed by atoms with E-state index in [1.807, 2.05) is 13.2 Å². The van der Waals surface area contributed by atoms with E-state index < -0.39 is 0 Å². The summed E-state index contributed by atoms with van der Waals surface area (Å²) in [6, 6.07) is 6.05. The van der Waals surface area contributed by atoms with Gasteiger partial charge in [0.25, 0.3) is 5.91 Å². The molecule has 2 heterocycles. The van der Waals surface area contributed by atoms with Gasteiger partial charge in [-0.2, -0.15) is 0 Å². The lowest BCUT2D eigenvalue weighted by atomic mass is 10.0. The van der Waals surface area contributed by atoms with Crippen molar-refractivity contribution in [1.29, 1.82) is 0 Å². The van der Waals surface area contributed by atoms with Crippen LogP contribution in [0.2, 0.25) is 0 Å². The Morgan fingerprint density at radius 3 is 2.57 bits per heavy atom. The number of nitrogens with one attached hydrogen (secondary N) is 2. The van der Waals surface area contributed by atoms with E-state index in [1.54, 1.807) is 22.9 Å². The van der Waals surface area contributed by atoms with Crippen LogP contribution < -0.4 is 10.6 Å². The zero-order chi connectivity index (χ0) is 21.5. The largest absolute Gasteiger partial charge is 0.355 e. The number of hydrogen-bond acceptors (Lipinski definition) is 5. The van der Waals surface area contributed by atoms with E-state index >= 15 is 0 Å². The Morgan fingerprint density at radius 1 is 1.23 bits per heavy atom. The Labute approximate surface area is 180 Å². The van der Waals surface area contributed by atoms with Crippen molar-refractivity contribution in [2.75, 3.05) is 32.4 Å². The van der Waals surface area contributed by atoms with Crippen LogP contribution in [0.25, 0.3) is 5.69 Å². The normalized spacial score (nSPS) is 15.2. The number of nitrogens with zero attached hydrogens (tertiary/aromatic N) is 3. The number of piperidine rings is 1. The predicted octanol–water partition coefficient (Wildman–Crippen LogP) is 2.45. The standard InChI is InChI=1S/C21H28FN5O2S/c1-3-10-23-19(28)14-26-11-8-16(9-12-26)25-20(29)18-13-24-21(30-2)27(18)17-6-4-15(22)5-7-17/h4-7,13,16H,3,8-12,14H2,1-2H3,(H,23,28)(H,25,29). The second-order valence-electron chi connectivity index (χ2n) is 7.32. The Balaban J connectivity index is 1.60. The number of amides is 2. The molecule has 0 radical (unpaired) electrons. The van der Waals surface area contributed by atoms with Crippen LogP contribution in [0.3, 0.4) is 0 Å². The summed E-state index contributed by atoms with van der Waals surface area (Å²) < 4.78 is 15.1. The van der Waals surface area contributed by atoms with Gasteiger partial charge in [0.1, 0.15) is 11.5 Å². The fourth-order valence-electron chi connectivity index (χ4n) is 3.50. The molecular formula is C21H28FN5O2S. The minimum Gasteiger partial charge on any atom is -0.355 e. The molecule has 1 fully saturated rings. The number of imidazole rings is 1. The van der Waals surface area contributed by atoms with Crippen molar-refractivity contribution in [3.63, 3.8) is 0 Å². The molecule has 7 nitrogen and oxygen atoms in total. The number of carbonyl (C=O) groups excluding carboxylic acids is 2. The first-order valence-corrected chi connectivity index (χ1v) is 11.4. The molecule has 0 spiro atoms. The fourth-order valence-corrected chi connectivity index (χ4v) is 4.04. The van der Waals surface area contributed by atoms with Crippen molar-refractivity contribution in [2.45, 2.75) is 37.4 Å². The minimum atomic E-state index is -0.328. The molecule has 2 N–H and O–H groups in total. The van der Waals surface area contributed by atoms with Crippen molar-refractivity contribution in [3.8, 4) is 5.69 Å². The van der Waals surface area contributed by atoms with E-state index in [2.05, 4.69) is 20.5 Å². The maximum absolute atomic E-state index is 13.3. The molecule has 1 aliphatic rings. The van der Waals surface area contributed by atoms with Gasteiger partial charge >= 0.3 is 0 Å². The predicted molar refractivity (Wildman–Crippen MR) is 116 cm³/mol. The van der Waals surface area contributed by atoms with Crippen LogP contribution in [-0.4, -0.2) is 64.7 Å². The van der Waals surface area contributed by atoms with Crippen LogP contribution in [0, 0.1) is 5.82 Å². The molecule has 30 heavy (non-hydrogen) atoms. The summed E-state index contributed by atoms with van der Waals surface area (Å²) in [6.45, 7) is 4.65. The summed E-state index contributed by atoms with van der Waals surface area (Å²) in [5.74, 6) is -0.482. The topological polar surface area (TPSA) is 79.3 Å². The second-order valence-corrected chi connectivity index (χ2v) is 8.09. The summed E-state index contributed by atoms with van der Waals surface area (Å²) in [5, 5.41) is 6.65. The molecule has 2 amide bonds. The van der Waals surface area contributed by atoms with Crippen molar-refractivity contribution in [3.05, 3.63) is 42.0 Å². The molecule has 0 unspecified atom stereocenters. The molecule has 1 saturated heterocycles. The Bertz CT molecular complexity index is 863. The van der Waals surface area contributed by atoms with Crippen LogP contribution in [0.15, 0.2) is 35.6 Å². The van der Waals surface area contributed by atoms with Gasteiger partial charge in [0, 0.05) is 31.4 Å². The van der Waals surface area contributed by atoms with Gasteiger partial charge in [0.15, 0.2) is 5.16 Å². The van der Waals surface area contributed by atoms with E-state index in [0.717, 1.165) is 32.4 Å². The van der Waals surface area contributed by atoms with E-state index in [0.29, 0.717) is 29.6 Å². The molecule has 1 aromatic heterocycles. The van der Waals surface area contributed by atoms with Crippen LogP contribution in [0.4, 0.5) is 4.39 Å². The van der Waals surface area contributed by atoms with E-state index in [9.17, 15) is 14.0 Å². The van der Waals surface area contributed by atoms with Crippen molar-refractivity contribution >= 4 is 23.6 Å². The van der Waals surface area contributed by atoms with Gasteiger partial charge in [0.2, 0.25) is 5.91 Å². The third kappa shape index (κ3) is 5.60. The molecule has 9 heteroatoms. The van der Waals surface area contributed by atoms with Gasteiger partial charge < -0.3 is 10.6 Å². The minimum absolute atomic E-state index is 0.0433. The first kappa shape index (κ1) is 22.3. The molecule has 1 aliphatic heterocycles. The number of halogens is 1. The maximum atomic E-state index is 13.3. The first-order valence-electron chi connectivity index (χ1n) is 10.2. The zero-order valence-corrected chi connectivity index (χ0v) is 18.2.